The Balaban J connectivity index is 0.00000420. The monoisotopic (exact) mass is 514 g/mol. The van der Waals surface area contributed by atoms with E-state index in [1.165, 1.54) is 0 Å². The van der Waals surface area contributed by atoms with E-state index in [1.54, 1.807) is 20.5 Å². The third kappa shape index (κ3) is 7.22. The van der Waals surface area contributed by atoms with E-state index in [0.717, 1.165) is 41.8 Å². The van der Waals surface area contributed by atoms with Gasteiger partial charge in [-0.15, -0.1) is 40.8 Å². The second-order valence-electron chi connectivity index (χ2n) is 6.20. The molecular formula is C20H31IN6O2. The van der Waals surface area contributed by atoms with Crippen LogP contribution in [0.15, 0.2) is 42.2 Å². The molecular weight excluding hydrogens is 483 g/mol. The summed E-state index contributed by atoms with van der Waals surface area (Å²) in [6.45, 7) is 8.47. The summed E-state index contributed by atoms with van der Waals surface area (Å²) in [7, 11) is 5.30. The maximum Gasteiger partial charge on any atom is 0.194 e. The zero-order chi connectivity index (χ0) is 20.4. The third-order valence-electron chi connectivity index (χ3n) is 4.28. The smallest absolute Gasteiger partial charge is 0.194 e. The number of methoxy groups -OCH3 is 2. The van der Waals surface area contributed by atoms with Crippen LogP contribution < -0.4 is 14.8 Å². The van der Waals surface area contributed by atoms with E-state index in [4.69, 9.17) is 14.5 Å². The Kier molecular flexibility index (Phi) is 11.1. The van der Waals surface area contributed by atoms with Crippen LogP contribution in [-0.2, 0) is 19.5 Å². The van der Waals surface area contributed by atoms with Crippen LogP contribution in [0.3, 0.4) is 0 Å². The molecule has 160 valence electrons. The summed E-state index contributed by atoms with van der Waals surface area (Å²) in [4.78, 5) is 6.79. The number of guanidine groups is 1. The number of nitrogens with zero attached hydrogens (tertiary/aromatic N) is 5. The lowest BCUT2D eigenvalue weighted by Gasteiger charge is -2.23. The van der Waals surface area contributed by atoms with Crippen molar-refractivity contribution in [2.45, 2.75) is 26.4 Å². The Morgan fingerprint density at radius 3 is 2.79 bits per heavy atom. The molecule has 0 saturated carbocycles. The summed E-state index contributed by atoms with van der Waals surface area (Å²) in [5.74, 6) is 3.31. The molecule has 0 unspecified atom stereocenters. The normalized spacial score (nSPS) is 10.8. The van der Waals surface area contributed by atoms with Crippen molar-refractivity contribution in [3.8, 4) is 11.5 Å². The molecule has 0 spiro atoms. The second-order valence-corrected chi connectivity index (χ2v) is 6.20. The summed E-state index contributed by atoms with van der Waals surface area (Å²) in [6, 6.07) is 5.82. The molecule has 0 amide bonds. The number of aryl methyl sites for hydroxylation is 1. The van der Waals surface area contributed by atoms with Crippen molar-refractivity contribution in [1.29, 1.82) is 0 Å². The van der Waals surface area contributed by atoms with Gasteiger partial charge < -0.3 is 24.3 Å². The highest BCUT2D eigenvalue weighted by molar-refractivity contribution is 14.0. The summed E-state index contributed by atoms with van der Waals surface area (Å²) in [6.07, 6.45) is 4.41. The third-order valence-corrected chi connectivity index (χ3v) is 4.28. The van der Waals surface area contributed by atoms with Crippen LogP contribution in [0, 0.1) is 0 Å². The summed E-state index contributed by atoms with van der Waals surface area (Å²) < 4.78 is 12.8. The maximum atomic E-state index is 5.50. The Labute approximate surface area is 190 Å². The molecule has 2 aromatic rings. The zero-order valence-corrected chi connectivity index (χ0v) is 19.9. The van der Waals surface area contributed by atoms with Gasteiger partial charge in [-0.3, -0.25) is 4.99 Å². The first-order valence-corrected chi connectivity index (χ1v) is 9.30. The van der Waals surface area contributed by atoms with Crippen LogP contribution in [0.1, 0.15) is 18.3 Å². The highest BCUT2D eigenvalue weighted by atomic mass is 127. The Hall–Kier alpha value is -2.30. The fourth-order valence-electron chi connectivity index (χ4n) is 2.79. The standard InChI is InChI=1S/C20H30N6O2.HI/c1-6-10-21-20(22-11-12-26-15-23-24-19(26)7-2)25(3)14-16-8-9-17(27-4)13-18(16)28-5;/h6,8-9,13,15H,1,7,10-12,14H2,2-5H3,(H,21,22);1H. The average Bonchev–Trinajstić information content (AvgIpc) is 3.18. The molecule has 0 aliphatic carbocycles. The van der Waals surface area contributed by atoms with Crippen molar-refractivity contribution in [2.75, 3.05) is 34.4 Å². The number of nitrogens with one attached hydrogen (secondary N) is 1. The van der Waals surface area contributed by atoms with Gasteiger partial charge in [-0.25, -0.2) is 0 Å². The molecule has 0 bridgehead atoms. The van der Waals surface area contributed by atoms with Gasteiger partial charge in [0, 0.05) is 44.7 Å². The minimum absolute atomic E-state index is 0. The fraction of sp³-hybridized carbons (Fsp3) is 0.450. The average molecular weight is 514 g/mol. The molecule has 0 aliphatic rings. The number of hydrogen-bond donors (Lipinski definition) is 1. The van der Waals surface area contributed by atoms with E-state index in [1.807, 2.05) is 35.9 Å². The molecule has 0 atom stereocenters. The highest BCUT2D eigenvalue weighted by Crippen LogP contribution is 2.25. The Morgan fingerprint density at radius 2 is 2.14 bits per heavy atom. The van der Waals surface area contributed by atoms with Crippen molar-refractivity contribution < 1.29 is 9.47 Å². The van der Waals surface area contributed by atoms with Gasteiger partial charge in [-0.2, -0.15) is 0 Å². The molecule has 0 radical (unpaired) electrons. The van der Waals surface area contributed by atoms with Crippen molar-refractivity contribution in [2.24, 2.45) is 4.99 Å². The lowest BCUT2D eigenvalue weighted by Crippen LogP contribution is -2.39. The molecule has 1 aromatic carbocycles. The molecule has 29 heavy (non-hydrogen) atoms. The molecule has 0 fully saturated rings. The largest absolute Gasteiger partial charge is 0.497 e. The van der Waals surface area contributed by atoms with Crippen LogP contribution in [0.5, 0.6) is 11.5 Å². The molecule has 1 aromatic heterocycles. The van der Waals surface area contributed by atoms with Gasteiger partial charge in [-0.1, -0.05) is 13.0 Å². The van der Waals surface area contributed by atoms with Crippen LogP contribution in [0.2, 0.25) is 0 Å². The van der Waals surface area contributed by atoms with Crippen molar-refractivity contribution in [1.82, 2.24) is 25.0 Å². The van der Waals surface area contributed by atoms with E-state index in [9.17, 15) is 0 Å². The molecule has 0 saturated heterocycles. The van der Waals surface area contributed by atoms with Crippen molar-refractivity contribution >= 4 is 29.9 Å². The second kappa shape index (κ2) is 13.0. The molecule has 0 aliphatic heterocycles. The molecule has 9 heteroatoms. The minimum Gasteiger partial charge on any atom is -0.497 e. The lowest BCUT2D eigenvalue weighted by atomic mass is 10.2. The number of hydrogen-bond acceptors (Lipinski definition) is 5. The van der Waals surface area contributed by atoms with Crippen LogP contribution in [0.25, 0.3) is 0 Å². The number of benzene rings is 1. The first-order chi connectivity index (χ1) is 13.6. The summed E-state index contributed by atoms with van der Waals surface area (Å²) in [5.41, 5.74) is 1.05. The fourth-order valence-corrected chi connectivity index (χ4v) is 2.79. The predicted molar refractivity (Wildman–Crippen MR) is 126 cm³/mol. The predicted octanol–water partition coefficient (Wildman–Crippen LogP) is 2.74. The topological polar surface area (TPSA) is 76.8 Å². The number of aliphatic imine (C=N–C) groups is 1. The first kappa shape index (κ1) is 24.7. The summed E-state index contributed by atoms with van der Waals surface area (Å²) in [5, 5.41) is 11.4. The number of rotatable bonds is 10. The van der Waals surface area contributed by atoms with Crippen molar-refractivity contribution in [3.05, 3.63) is 48.6 Å². The van der Waals surface area contributed by atoms with Gasteiger partial charge in [0.05, 0.1) is 20.8 Å². The Bertz CT molecular complexity index is 793. The molecule has 1 heterocycles. The minimum atomic E-state index is 0. The van der Waals surface area contributed by atoms with E-state index >= 15 is 0 Å². The Morgan fingerprint density at radius 1 is 1.34 bits per heavy atom. The number of aromatic nitrogens is 3. The SMILES string of the molecule is C=CCNC(=NCCn1cnnc1CC)N(C)Cc1ccc(OC)cc1OC.I. The zero-order valence-electron chi connectivity index (χ0n) is 17.6. The van der Waals surface area contributed by atoms with Crippen LogP contribution >= 0.6 is 24.0 Å². The van der Waals surface area contributed by atoms with Crippen LogP contribution in [0.4, 0.5) is 0 Å². The maximum absolute atomic E-state index is 5.50. The van der Waals surface area contributed by atoms with Crippen molar-refractivity contribution in [3.63, 3.8) is 0 Å². The number of halogens is 1. The van der Waals surface area contributed by atoms with Gasteiger partial charge in [0.25, 0.3) is 0 Å². The van der Waals surface area contributed by atoms with E-state index < -0.39 is 0 Å². The quantitative estimate of drug-likeness (QED) is 0.228. The first-order valence-electron chi connectivity index (χ1n) is 9.30. The van der Waals surface area contributed by atoms with Gasteiger partial charge in [0.2, 0.25) is 0 Å². The highest BCUT2D eigenvalue weighted by Gasteiger charge is 2.11. The van der Waals surface area contributed by atoms with Crippen LogP contribution in [-0.4, -0.2) is 60.0 Å². The van der Waals surface area contributed by atoms with Gasteiger partial charge in [-0.05, 0) is 12.1 Å². The summed E-state index contributed by atoms with van der Waals surface area (Å²) >= 11 is 0. The molecule has 1 N–H and O–H groups in total. The molecule has 8 nitrogen and oxygen atoms in total. The number of ether oxygens (including phenoxy) is 2. The van der Waals surface area contributed by atoms with E-state index in [-0.39, 0.29) is 24.0 Å². The lowest BCUT2D eigenvalue weighted by molar-refractivity contribution is 0.382. The van der Waals surface area contributed by atoms with E-state index in [0.29, 0.717) is 19.6 Å². The molecule has 2 rings (SSSR count). The van der Waals surface area contributed by atoms with Gasteiger partial charge >= 0.3 is 0 Å². The van der Waals surface area contributed by atoms with E-state index in [2.05, 4.69) is 33.9 Å². The van der Waals surface area contributed by atoms with Gasteiger partial charge in [0.1, 0.15) is 23.7 Å². The van der Waals surface area contributed by atoms with Gasteiger partial charge in [0.15, 0.2) is 5.96 Å².